The summed E-state index contributed by atoms with van der Waals surface area (Å²) in [6, 6.07) is 70.1. The molecule has 3 heteroatoms. The number of aromatic nitrogens is 1. The molecule has 2 aromatic heterocycles. The molecule has 0 spiro atoms. The third-order valence-corrected chi connectivity index (χ3v) is 11.5. The Morgan fingerprint density at radius 3 is 1.84 bits per heavy atom. The molecule has 12 rings (SSSR count). The van der Waals surface area contributed by atoms with E-state index in [2.05, 4.69) is 204 Å². The summed E-state index contributed by atoms with van der Waals surface area (Å²) < 4.78 is 9.35. The molecular formula is C52H32N2O. The van der Waals surface area contributed by atoms with Crippen LogP contribution >= 0.6 is 0 Å². The first-order chi connectivity index (χ1) is 27.3. The maximum atomic E-state index is 7.00. The minimum absolute atomic E-state index is 0.861. The molecule has 12 aromatic rings. The van der Waals surface area contributed by atoms with Crippen LogP contribution in [0, 0.1) is 0 Å². The van der Waals surface area contributed by atoms with Crippen molar-refractivity contribution in [1.82, 2.24) is 4.57 Å². The van der Waals surface area contributed by atoms with E-state index in [0.29, 0.717) is 0 Å². The van der Waals surface area contributed by atoms with E-state index in [1.54, 1.807) is 0 Å². The standard InChI is InChI=1S/C52H32N2O/c1-3-11-33(12-4-1)34-23-27-39(28-24-34)54(44-31-26-37-22-21-35-13-9-14-36-25-29-41(44)49(37)48(35)36)45-19-10-20-47-50(45)42-30-32-46-51(52(42)55-47)40-17-7-8-18-43(40)53(46)38-15-5-2-6-16-38/h1-32H. The van der Waals surface area contributed by atoms with Crippen molar-refractivity contribution in [3.8, 4) is 16.8 Å². The maximum absolute atomic E-state index is 7.00. The first-order valence-electron chi connectivity index (χ1n) is 18.9. The fourth-order valence-corrected chi connectivity index (χ4v) is 9.11. The van der Waals surface area contributed by atoms with Crippen LogP contribution in [-0.4, -0.2) is 4.57 Å². The lowest BCUT2D eigenvalue weighted by atomic mass is 9.93. The van der Waals surface area contributed by atoms with Crippen molar-refractivity contribution in [3.63, 3.8) is 0 Å². The van der Waals surface area contributed by atoms with Gasteiger partial charge in [0.25, 0.3) is 0 Å². The van der Waals surface area contributed by atoms with Gasteiger partial charge in [0.1, 0.15) is 11.2 Å². The molecule has 0 amide bonds. The van der Waals surface area contributed by atoms with Crippen molar-refractivity contribution < 1.29 is 4.42 Å². The number of para-hydroxylation sites is 2. The van der Waals surface area contributed by atoms with E-state index >= 15 is 0 Å². The SMILES string of the molecule is c1ccc(-c2ccc(N(c3ccc4ccc5cccc6ccc3c4c56)c3cccc4oc5c(ccc6c5c5ccccc5n6-c5ccccc5)c34)cc2)cc1. The first kappa shape index (κ1) is 30.1. The summed E-state index contributed by atoms with van der Waals surface area (Å²) >= 11 is 0. The maximum Gasteiger partial charge on any atom is 0.145 e. The van der Waals surface area contributed by atoms with Gasteiger partial charge in [-0.3, -0.25) is 0 Å². The lowest BCUT2D eigenvalue weighted by Crippen LogP contribution is -2.11. The lowest BCUT2D eigenvalue weighted by molar-refractivity contribution is 0.673. The van der Waals surface area contributed by atoms with Crippen molar-refractivity contribution in [1.29, 1.82) is 0 Å². The third kappa shape index (κ3) is 4.38. The van der Waals surface area contributed by atoms with Gasteiger partial charge in [0, 0.05) is 27.5 Å². The molecule has 0 atom stereocenters. The number of fused-ring (bicyclic) bond motifs is 7. The van der Waals surface area contributed by atoms with E-state index in [1.165, 1.54) is 48.8 Å². The molecule has 0 N–H and O–H groups in total. The highest BCUT2D eigenvalue weighted by Crippen LogP contribution is 2.49. The van der Waals surface area contributed by atoms with Gasteiger partial charge in [-0.1, -0.05) is 133 Å². The van der Waals surface area contributed by atoms with Gasteiger partial charge in [-0.2, -0.15) is 0 Å². The molecule has 0 aliphatic carbocycles. The van der Waals surface area contributed by atoms with E-state index in [0.717, 1.165) is 61.1 Å². The second-order valence-electron chi connectivity index (χ2n) is 14.5. The lowest BCUT2D eigenvalue weighted by Gasteiger charge is -2.28. The first-order valence-corrected chi connectivity index (χ1v) is 18.9. The minimum Gasteiger partial charge on any atom is -0.455 e. The normalized spacial score (nSPS) is 12.0. The second-order valence-corrected chi connectivity index (χ2v) is 14.5. The van der Waals surface area contributed by atoms with Crippen LogP contribution in [0.25, 0.3) is 92.9 Å². The molecule has 2 heterocycles. The average Bonchev–Trinajstić information content (AvgIpc) is 3.81. The molecular weight excluding hydrogens is 669 g/mol. The van der Waals surface area contributed by atoms with E-state index in [-0.39, 0.29) is 0 Å². The number of benzene rings is 10. The third-order valence-electron chi connectivity index (χ3n) is 11.5. The number of anilines is 3. The molecule has 0 saturated heterocycles. The summed E-state index contributed by atoms with van der Waals surface area (Å²) in [6.45, 7) is 0. The van der Waals surface area contributed by atoms with E-state index in [1.807, 2.05) is 0 Å². The summed E-state index contributed by atoms with van der Waals surface area (Å²) in [6.07, 6.45) is 0. The molecule has 0 aliphatic rings. The Hall–Kier alpha value is -7.36. The van der Waals surface area contributed by atoms with Gasteiger partial charge in [-0.15, -0.1) is 0 Å². The molecule has 0 radical (unpaired) electrons. The van der Waals surface area contributed by atoms with Crippen LogP contribution in [0.4, 0.5) is 17.1 Å². The minimum atomic E-state index is 0.861. The van der Waals surface area contributed by atoms with E-state index in [9.17, 15) is 0 Å². The van der Waals surface area contributed by atoms with Crippen LogP contribution in [0.3, 0.4) is 0 Å². The highest BCUT2D eigenvalue weighted by molar-refractivity contribution is 6.28. The Labute approximate surface area is 316 Å². The number of rotatable bonds is 5. The zero-order valence-corrected chi connectivity index (χ0v) is 29.8. The molecule has 256 valence electrons. The smallest absolute Gasteiger partial charge is 0.145 e. The average molecular weight is 701 g/mol. The van der Waals surface area contributed by atoms with Gasteiger partial charge in [0.2, 0.25) is 0 Å². The van der Waals surface area contributed by atoms with Crippen LogP contribution in [0.15, 0.2) is 199 Å². The predicted molar refractivity (Wildman–Crippen MR) is 232 cm³/mol. The number of furan rings is 1. The van der Waals surface area contributed by atoms with Crippen LogP contribution in [0.5, 0.6) is 0 Å². The summed E-state index contributed by atoms with van der Waals surface area (Å²) in [4.78, 5) is 2.44. The molecule has 0 fully saturated rings. The monoisotopic (exact) mass is 700 g/mol. The molecule has 10 aromatic carbocycles. The fraction of sp³-hybridized carbons (Fsp3) is 0. The van der Waals surface area contributed by atoms with Crippen molar-refractivity contribution in [2.24, 2.45) is 0 Å². The van der Waals surface area contributed by atoms with Crippen LogP contribution < -0.4 is 4.90 Å². The molecule has 0 unspecified atom stereocenters. The zero-order chi connectivity index (χ0) is 36.0. The van der Waals surface area contributed by atoms with Crippen molar-refractivity contribution in [2.45, 2.75) is 0 Å². The Bertz CT molecular complexity index is 3400. The van der Waals surface area contributed by atoms with Crippen molar-refractivity contribution in [2.75, 3.05) is 4.90 Å². The van der Waals surface area contributed by atoms with Gasteiger partial charge in [0.15, 0.2) is 0 Å². The van der Waals surface area contributed by atoms with Crippen LogP contribution in [-0.2, 0) is 0 Å². The van der Waals surface area contributed by atoms with E-state index in [4.69, 9.17) is 4.42 Å². The Balaban J connectivity index is 1.16. The molecule has 0 saturated carbocycles. The molecule has 0 aliphatic heterocycles. The summed E-state index contributed by atoms with van der Waals surface area (Å²) in [5, 5.41) is 12.1. The zero-order valence-electron chi connectivity index (χ0n) is 29.8. The Kier molecular flexibility index (Phi) is 6.34. The molecule has 55 heavy (non-hydrogen) atoms. The Morgan fingerprint density at radius 2 is 1.02 bits per heavy atom. The van der Waals surface area contributed by atoms with Gasteiger partial charge in [0.05, 0.1) is 33.2 Å². The highest BCUT2D eigenvalue weighted by atomic mass is 16.3. The van der Waals surface area contributed by atoms with Gasteiger partial charge >= 0.3 is 0 Å². The number of nitrogens with zero attached hydrogens (tertiary/aromatic N) is 2. The fourth-order valence-electron chi connectivity index (χ4n) is 9.11. The second kappa shape index (κ2) is 11.6. The largest absolute Gasteiger partial charge is 0.455 e. The summed E-state index contributed by atoms with van der Waals surface area (Å²) in [7, 11) is 0. The molecule has 3 nitrogen and oxygen atoms in total. The predicted octanol–water partition coefficient (Wildman–Crippen LogP) is 14.7. The Morgan fingerprint density at radius 1 is 0.364 bits per heavy atom. The van der Waals surface area contributed by atoms with Crippen LogP contribution in [0.1, 0.15) is 0 Å². The number of hydrogen-bond acceptors (Lipinski definition) is 2. The van der Waals surface area contributed by atoms with Gasteiger partial charge < -0.3 is 13.9 Å². The summed E-state index contributed by atoms with van der Waals surface area (Å²) in [5.74, 6) is 0. The van der Waals surface area contributed by atoms with E-state index < -0.39 is 0 Å². The molecule has 0 bridgehead atoms. The number of hydrogen-bond donors (Lipinski definition) is 0. The topological polar surface area (TPSA) is 21.3 Å². The van der Waals surface area contributed by atoms with Gasteiger partial charge in [-0.05, 0) is 98.7 Å². The summed E-state index contributed by atoms with van der Waals surface area (Å²) in [5.41, 5.74) is 10.8. The van der Waals surface area contributed by atoms with Crippen LogP contribution in [0.2, 0.25) is 0 Å². The highest BCUT2D eigenvalue weighted by Gasteiger charge is 2.24. The quantitative estimate of drug-likeness (QED) is 0.167. The van der Waals surface area contributed by atoms with Gasteiger partial charge in [-0.25, -0.2) is 0 Å². The van der Waals surface area contributed by atoms with Crippen molar-refractivity contribution >= 4 is 93.1 Å². The van der Waals surface area contributed by atoms with Crippen molar-refractivity contribution in [3.05, 3.63) is 194 Å².